The number of anilines is 2. The number of ether oxygens (including phenoxy) is 1. The molecule has 14 heteroatoms. The van der Waals surface area contributed by atoms with Crippen LogP contribution in [0.5, 0.6) is 11.5 Å². The van der Waals surface area contributed by atoms with E-state index in [1.807, 2.05) is 0 Å². The highest BCUT2D eigenvalue weighted by molar-refractivity contribution is 7.93. The molecule has 0 saturated carbocycles. The molecule has 0 atom stereocenters. The molecule has 3 rings (SSSR count). The third-order valence-corrected chi connectivity index (χ3v) is 6.98. The van der Waals surface area contributed by atoms with E-state index in [0.29, 0.717) is 0 Å². The summed E-state index contributed by atoms with van der Waals surface area (Å²) in [5.41, 5.74) is -2.16. The number of methoxy groups -OCH3 is 1. The summed E-state index contributed by atoms with van der Waals surface area (Å²) in [6.07, 6.45) is 0. The lowest BCUT2D eigenvalue weighted by Gasteiger charge is -2.15. The first-order chi connectivity index (χ1) is 15.4. The van der Waals surface area contributed by atoms with Gasteiger partial charge in [0.15, 0.2) is 39.7 Å². The van der Waals surface area contributed by atoms with Gasteiger partial charge >= 0.3 is 0 Å². The summed E-state index contributed by atoms with van der Waals surface area (Å²) in [5, 5.41) is 9.70. The van der Waals surface area contributed by atoms with Crippen LogP contribution < -0.4 is 14.2 Å². The highest BCUT2D eigenvalue weighted by Crippen LogP contribution is 2.34. The first-order valence-corrected chi connectivity index (χ1v) is 11.7. The minimum atomic E-state index is -5.28. The third-order valence-electron chi connectivity index (χ3n) is 4.21. The largest absolute Gasteiger partial charge is 0.504 e. The number of rotatable bonds is 7. The van der Waals surface area contributed by atoms with Crippen molar-refractivity contribution < 1.29 is 44.2 Å². The summed E-state index contributed by atoms with van der Waals surface area (Å²) in [7, 11) is -8.73. The van der Waals surface area contributed by atoms with Gasteiger partial charge in [0.1, 0.15) is 5.69 Å². The Labute approximate surface area is 185 Å². The Morgan fingerprint density at radius 1 is 0.788 bits per heavy atom. The van der Waals surface area contributed by atoms with E-state index in [4.69, 9.17) is 4.74 Å². The van der Waals surface area contributed by atoms with Gasteiger partial charge < -0.3 is 9.84 Å². The summed E-state index contributed by atoms with van der Waals surface area (Å²) in [6.45, 7) is 0. The normalized spacial score (nSPS) is 11.8. The fraction of sp³-hybridized carbons (Fsp3) is 0.0526. The van der Waals surface area contributed by atoms with Gasteiger partial charge in [-0.3, -0.25) is 9.44 Å². The molecular weight excluding hydrogens is 492 g/mol. The molecule has 0 fully saturated rings. The second-order valence-corrected chi connectivity index (χ2v) is 9.67. The van der Waals surface area contributed by atoms with Crippen LogP contribution in [-0.2, 0) is 20.0 Å². The highest BCUT2D eigenvalue weighted by atomic mass is 32.2. The first kappa shape index (κ1) is 24.1. The van der Waals surface area contributed by atoms with E-state index in [0.717, 1.165) is 30.3 Å². The molecule has 0 aliphatic carbocycles. The Balaban J connectivity index is 2.05. The predicted molar refractivity (Wildman–Crippen MR) is 109 cm³/mol. The zero-order valence-electron chi connectivity index (χ0n) is 16.4. The zero-order valence-corrected chi connectivity index (χ0v) is 18.1. The Kier molecular flexibility index (Phi) is 6.42. The maximum absolute atomic E-state index is 14.6. The Hall–Kier alpha value is -3.52. The number of hydrogen-bond donors (Lipinski definition) is 3. The van der Waals surface area contributed by atoms with Gasteiger partial charge in [-0.15, -0.1) is 0 Å². The van der Waals surface area contributed by atoms with Crippen LogP contribution in [0, 0.1) is 23.3 Å². The van der Waals surface area contributed by atoms with Crippen molar-refractivity contribution in [2.75, 3.05) is 16.6 Å². The quantitative estimate of drug-likeness (QED) is 0.333. The monoisotopic (exact) mass is 506 g/mol. The number of phenolic OH excluding ortho intramolecular Hbond substituents is 1. The number of sulfonamides is 2. The molecule has 3 aromatic carbocycles. The van der Waals surface area contributed by atoms with Crippen molar-refractivity contribution in [2.24, 2.45) is 0 Å². The van der Waals surface area contributed by atoms with E-state index in [-0.39, 0.29) is 5.75 Å². The van der Waals surface area contributed by atoms with Crippen LogP contribution in [0.1, 0.15) is 0 Å². The van der Waals surface area contributed by atoms with Gasteiger partial charge in [0.05, 0.1) is 17.7 Å². The number of nitrogens with one attached hydrogen (secondary N) is 2. The van der Waals surface area contributed by atoms with Gasteiger partial charge in [0, 0.05) is 6.07 Å². The highest BCUT2D eigenvalue weighted by Gasteiger charge is 2.35. The average Bonchev–Trinajstić information content (AvgIpc) is 2.76. The van der Waals surface area contributed by atoms with E-state index < -0.39 is 70.2 Å². The van der Waals surface area contributed by atoms with Crippen molar-refractivity contribution in [2.45, 2.75) is 9.79 Å². The molecule has 0 aliphatic rings. The molecule has 0 spiro atoms. The summed E-state index contributed by atoms with van der Waals surface area (Å²) < 4.78 is 115. The first-order valence-electron chi connectivity index (χ1n) is 8.72. The fourth-order valence-corrected chi connectivity index (χ4v) is 4.96. The van der Waals surface area contributed by atoms with Crippen LogP contribution in [0.15, 0.2) is 58.3 Å². The van der Waals surface area contributed by atoms with Crippen molar-refractivity contribution in [3.8, 4) is 11.5 Å². The molecule has 3 aromatic rings. The fourth-order valence-electron chi connectivity index (χ4n) is 2.69. The summed E-state index contributed by atoms with van der Waals surface area (Å²) in [6, 6.07) is 9.12. The molecule has 0 saturated heterocycles. The van der Waals surface area contributed by atoms with Crippen molar-refractivity contribution in [1.82, 2.24) is 0 Å². The van der Waals surface area contributed by atoms with Gasteiger partial charge in [0.2, 0.25) is 0 Å². The minimum Gasteiger partial charge on any atom is -0.504 e. The van der Waals surface area contributed by atoms with Crippen molar-refractivity contribution >= 4 is 31.4 Å². The average molecular weight is 506 g/mol. The van der Waals surface area contributed by atoms with Crippen LogP contribution >= 0.6 is 0 Å². The molecular formula is C19H14F4N2O6S2. The molecule has 0 aromatic heterocycles. The maximum Gasteiger partial charge on any atom is 0.267 e. The number of benzene rings is 3. The molecule has 0 unspecified atom stereocenters. The van der Waals surface area contributed by atoms with E-state index in [1.165, 1.54) is 30.0 Å². The third kappa shape index (κ3) is 4.66. The number of hydrogen-bond acceptors (Lipinski definition) is 6. The van der Waals surface area contributed by atoms with Crippen molar-refractivity contribution in [3.63, 3.8) is 0 Å². The predicted octanol–water partition coefficient (Wildman–Crippen LogP) is 3.56. The topological polar surface area (TPSA) is 122 Å². The Morgan fingerprint density at radius 3 is 1.88 bits per heavy atom. The molecule has 0 radical (unpaired) electrons. The minimum absolute atomic E-state index is 0.0533. The smallest absolute Gasteiger partial charge is 0.267 e. The number of aromatic hydroxyl groups is 1. The Morgan fingerprint density at radius 2 is 1.36 bits per heavy atom. The van der Waals surface area contributed by atoms with Gasteiger partial charge in [-0.2, -0.15) is 0 Å². The van der Waals surface area contributed by atoms with Gasteiger partial charge in [0.25, 0.3) is 20.0 Å². The zero-order chi connectivity index (χ0) is 24.6. The molecule has 3 N–H and O–H groups in total. The second kappa shape index (κ2) is 8.78. The molecule has 33 heavy (non-hydrogen) atoms. The lowest BCUT2D eigenvalue weighted by molar-refractivity contribution is 0.373. The molecule has 0 bridgehead atoms. The van der Waals surface area contributed by atoms with Gasteiger partial charge in [-0.1, -0.05) is 18.2 Å². The second-order valence-electron chi connectivity index (χ2n) is 6.37. The van der Waals surface area contributed by atoms with Crippen LogP contribution in [0.2, 0.25) is 0 Å². The van der Waals surface area contributed by atoms with Crippen molar-refractivity contribution in [3.05, 3.63) is 71.8 Å². The van der Waals surface area contributed by atoms with Crippen LogP contribution in [0.25, 0.3) is 0 Å². The standard InChI is InChI=1S/C19H14F4N2O6S2/c1-31-13-8-7-10(9-12(13)26)24-33(29,30)19-16(22)14(20)18(15(21)17(19)23)25-32(27,28)11-5-3-2-4-6-11/h2-9,24-26H,1H3. The van der Waals surface area contributed by atoms with Gasteiger partial charge in [-0.05, 0) is 24.3 Å². The lowest BCUT2D eigenvalue weighted by Crippen LogP contribution is -2.21. The summed E-state index contributed by atoms with van der Waals surface area (Å²) in [5.74, 6) is -9.91. The SMILES string of the molecule is COc1ccc(NS(=O)(=O)c2c(F)c(F)c(NS(=O)(=O)c3ccccc3)c(F)c2F)cc1O. The van der Waals surface area contributed by atoms with Crippen LogP contribution in [0.3, 0.4) is 0 Å². The van der Waals surface area contributed by atoms with Crippen LogP contribution in [-0.4, -0.2) is 29.1 Å². The summed E-state index contributed by atoms with van der Waals surface area (Å²) >= 11 is 0. The van der Waals surface area contributed by atoms with E-state index >= 15 is 0 Å². The van der Waals surface area contributed by atoms with E-state index in [2.05, 4.69) is 0 Å². The van der Waals surface area contributed by atoms with Crippen LogP contribution in [0.4, 0.5) is 28.9 Å². The van der Waals surface area contributed by atoms with Crippen molar-refractivity contribution in [1.29, 1.82) is 0 Å². The molecule has 0 amide bonds. The molecule has 8 nitrogen and oxygen atoms in total. The lowest BCUT2D eigenvalue weighted by atomic mass is 10.2. The number of phenols is 1. The number of halogens is 4. The van der Waals surface area contributed by atoms with Gasteiger partial charge in [-0.25, -0.2) is 34.4 Å². The Bertz CT molecular complexity index is 1400. The maximum atomic E-state index is 14.6. The summed E-state index contributed by atoms with van der Waals surface area (Å²) in [4.78, 5) is -2.50. The molecule has 0 heterocycles. The van der Waals surface area contributed by atoms with E-state index in [9.17, 15) is 39.5 Å². The van der Waals surface area contributed by atoms with E-state index in [1.54, 1.807) is 4.72 Å². The molecule has 0 aliphatic heterocycles. The molecule has 176 valence electrons.